The van der Waals surface area contributed by atoms with Gasteiger partial charge in [-0.15, -0.1) is 0 Å². The minimum absolute atomic E-state index is 0.0537. The highest BCUT2D eigenvalue weighted by atomic mass is 32.2. The predicted octanol–water partition coefficient (Wildman–Crippen LogP) is 2.94. The SMILES string of the molecule is Cc1[nH]c2ccccc2c1S(=O)(=O)CCNC(=O)Nc1ccccc1C#N. The molecule has 0 aliphatic carbocycles. The number of benzene rings is 2. The van der Waals surface area contributed by atoms with Crippen molar-refractivity contribution in [1.82, 2.24) is 10.3 Å². The number of H-pyrrole nitrogens is 1. The number of para-hydroxylation sites is 2. The van der Waals surface area contributed by atoms with Crippen molar-refractivity contribution in [1.29, 1.82) is 5.26 Å². The standard InChI is InChI=1S/C19H18N4O3S/c1-13-18(15-7-3-5-9-17(15)22-13)27(25,26)11-10-21-19(24)23-16-8-4-2-6-14(16)12-20/h2-9,22H,10-11H2,1H3,(H2,21,23,24). The van der Waals surface area contributed by atoms with Crippen LogP contribution in [-0.4, -0.2) is 31.7 Å². The zero-order valence-electron chi connectivity index (χ0n) is 14.6. The molecule has 0 unspecified atom stereocenters. The molecule has 3 aromatic rings. The Labute approximate surface area is 156 Å². The van der Waals surface area contributed by atoms with Crippen LogP contribution < -0.4 is 10.6 Å². The van der Waals surface area contributed by atoms with Gasteiger partial charge in [-0.3, -0.25) is 0 Å². The van der Waals surface area contributed by atoms with Crippen LogP contribution in [-0.2, 0) is 9.84 Å². The molecule has 0 bridgehead atoms. The highest BCUT2D eigenvalue weighted by Crippen LogP contribution is 2.27. The van der Waals surface area contributed by atoms with E-state index in [2.05, 4.69) is 15.6 Å². The Hall–Kier alpha value is -3.31. The van der Waals surface area contributed by atoms with Crippen LogP contribution in [0.3, 0.4) is 0 Å². The van der Waals surface area contributed by atoms with Crippen molar-refractivity contribution in [3.8, 4) is 6.07 Å². The van der Waals surface area contributed by atoms with Gasteiger partial charge in [0.05, 0.1) is 21.9 Å². The molecule has 0 spiro atoms. The van der Waals surface area contributed by atoms with E-state index in [1.807, 2.05) is 18.2 Å². The number of urea groups is 1. The molecule has 1 heterocycles. The monoisotopic (exact) mass is 382 g/mol. The van der Waals surface area contributed by atoms with Crippen molar-refractivity contribution in [2.24, 2.45) is 0 Å². The zero-order chi connectivity index (χ0) is 19.4. The number of aryl methyl sites for hydroxylation is 1. The van der Waals surface area contributed by atoms with Gasteiger partial charge in [0.2, 0.25) is 0 Å². The van der Waals surface area contributed by atoms with E-state index < -0.39 is 15.9 Å². The summed E-state index contributed by atoms with van der Waals surface area (Å²) in [5.41, 5.74) is 2.03. The third-order valence-electron chi connectivity index (χ3n) is 4.10. The lowest BCUT2D eigenvalue weighted by molar-refractivity contribution is 0.252. The Kier molecular flexibility index (Phi) is 5.14. The number of hydrogen-bond donors (Lipinski definition) is 3. The number of hydrogen-bond acceptors (Lipinski definition) is 4. The molecule has 0 saturated heterocycles. The number of nitrogens with one attached hydrogen (secondary N) is 3. The fraction of sp³-hybridized carbons (Fsp3) is 0.158. The average Bonchev–Trinajstić information content (AvgIpc) is 2.98. The summed E-state index contributed by atoms with van der Waals surface area (Å²) in [7, 11) is -3.58. The van der Waals surface area contributed by atoms with E-state index in [1.54, 1.807) is 43.3 Å². The van der Waals surface area contributed by atoms with Crippen LogP contribution in [0.4, 0.5) is 10.5 Å². The number of aromatic nitrogens is 1. The van der Waals surface area contributed by atoms with Gasteiger partial charge in [-0.2, -0.15) is 5.26 Å². The van der Waals surface area contributed by atoms with Crippen LogP contribution in [0.5, 0.6) is 0 Å². The summed E-state index contributed by atoms with van der Waals surface area (Å²) >= 11 is 0. The van der Waals surface area contributed by atoms with Gasteiger partial charge in [-0.05, 0) is 25.1 Å². The predicted molar refractivity (Wildman–Crippen MR) is 103 cm³/mol. The van der Waals surface area contributed by atoms with Crippen LogP contribution in [0.25, 0.3) is 10.9 Å². The number of nitrogens with zero attached hydrogens (tertiary/aromatic N) is 1. The second kappa shape index (κ2) is 7.51. The first kappa shape index (κ1) is 18.5. The van der Waals surface area contributed by atoms with Crippen LogP contribution in [0.15, 0.2) is 53.4 Å². The molecule has 1 aromatic heterocycles. The van der Waals surface area contributed by atoms with Gasteiger partial charge in [0, 0.05) is 23.1 Å². The number of rotatable bonds is 5. The average molecular weight is 382 g/mol. The van der Waals surface area contributed by atoms with Crippen LogP contribution >= 0.6 is 0 Å². The van der Waals surface area contributed by atoms with E-state index in [4.69, 9.17) is 5.26 Å². The van der Waals surface area contributed by atoms with Crippen molar-refractivity contribution in [2.75, 3.05) is 17.6 Å². The smallest absolute Gasteiger partial charge is 0.319 e. The number of nitriles is 1. The Balaban J connectivity index is 1.66. The molecule has 3 rings (SSSR count). The molecule has 0 aliphatic rings. The molecular formula is C19H18N4O3S. The summed E-state index contributed by atoms with van der Waals surface area (Å²) in [6.45, 7) is 1.66. The van der Waals surface area contributed by atoms with Crippen molar-refractivity contribution < 1.29 is 13.2 Å². The highest BCUT2D eigenvalue weighted by Gasteiger charge is 2.22. The molecule has 8 heteroatoms. The zero-order valence-corrected chi connectivity index (χ0v) is 15.4. The summed E-state index contributed by atoms with van der Waals surface area (Å²) in [6, 6.07) is 15.2. The van der Waals surface area contributed by atoms with E-state index in [0.29, 0.717) is 22.3 Å². The molecule has 0 atom stereocenters. The number of aromatic amines is 1. The minimum atomic E-state index is -3.58. The summed E-state index contributed by atoms with van der Waals surface area (Å²) in [4.78, 5) is 15.3. The second-order valence-corrected chi connectivity index (χ2v) is 8.03. The number of carbonyl (C=O) groups is 1. The maximum absolute atomic E-state index is 12.7. The molecule has 3 N–H and O–H groups in total. The van der Waals surface area contributed by atoms with Gasteiger partial charge in [-0.25, -0.2) is 13.2 Å². The van der Waals surface area contributed by atoms with Crippen molar-refractivity contribution in [2.45, 2.75) is 11.8 Å². The normalized spacial score (nSPS) is 11.1. The first-order chi connectivity index (χ1) is 12.9. The van der Waals surface area contributed by atoms with Crippen LogP contribution in [0.1, 0.15) is 11.3 Å². The molecule has 0 saturated carbocycles. The van der Waals surface area contributed by atoms with Gasteiger partial charge in [-0.1, -0.05) is 30.3 Å². The second-order valence-electron chi connectivity index (χ2n) is 5.98. The van der Waals surface area contributed by atoms with Gasteiger partial charge >= 0.3 is 6.03 Å². The topological polar surface area (TPSA) is 115 Å². The highest BCUT2D eigenvalue weighted by molar-refractivity contribution is 7.91. The first-order valence-electron chi connectivity index (χ1n) is 8.26. The van der Waals surface area contributed by atoms with Crippen LogP contribution in [0.2, 0.25) is 0 Å². The quantitative estimate of drug-likeness (QED) is 0.629. The van der Waals surface area contributed by atoms with Crippen molar-refractivity contribution in [3.63, 3.8) is 0 Å². The lowest BCUT2D eigenvalue weighted by Gasteiger charge is -2.09. The molecule has 138 valence electrons. The molecule has 0 fully saturated rings. The molecule has 0 aliphatic heterocycles. The number of fused-ring (bicyclic) bond motifs is 1. The van der Waals surface area contributed by atoms with Crippen molar-refractivity contribution >= 4 is 32.5 Å². The van der Waals surface area contributed by atoms with Crippen LogP contribution in [0, 0.1) is 18.3 Å². The number of carbonyl (C=O) groups excluding carboxylic acids is 1. The Morgan fingerprint density at radius 3 is 2.63 bits per heavy atom. The van der Waals surface area contributed by atoms with E-state index >= 15 is 0 Å². The van der Waals surface area contributed by atoms with E-state index in [1.165, 1.54) is 0 Å². The third-order valence-corrected chi connectivity index (χ3v) is 5.99. The van der Waals surface area contributed by atoms with Gasteiger partial charge < -0.3 is 15.6 Å². The van der Waals surface area contributed by atoms with E-state index in [9.17, 15) is 13.2 Å². The fourth-order valence-corrected chi connectivity index (χ4v) is 4.51. The minimum Gasteiger partial charge on any atom is -0.358 e. The Morgan fingerprint density at radius 2 is 1.85 bits per heavy atom. The van der Waals surface area contributed by atoms with E-state index in [-0.39, 0.29) is 17.2 Å². The number of amides is 2. The Morgan fingerprint density at radius 1 is 1.15 bits per heavy atom. The first-order valence-corrected chi connectivity index (χ1v) is 9.91. The number of sulfone groups is 1. The van der Waals surface area contributed by atoms with Gasteiger partial charge in [0.25, 0.3) is 0 Å². The largest absolute Gasteiger partial charge is 0.358 e. The van der Waals surface area contributed by atoms with Gasteiger partial charge in [0.15, 0.2) is 9.84 Å². The molecule has 2 aromatic carbocycles. The maximum atomic E-state index is 12.7. The molecule has 2 amide bonds. The Bertz CT molecular complexity index is 1140. The molecular weight excluding hydrogens is 364 g/mol. The maximum Gasteiger partial charge on any atom is 0.319 e. The molecule has 27 heavy (non-hydrogen) atoms. The van der Waals surface area contributed by atoms with E-state index in [0.717, 1.165) is 5.52 Å². The van der Waals surface area contributed by atoms with Gasteiger partial charge in [0.1, 0.15) is 6.07 Å². The fourth-order valence-electron chi connectivity index (χ4n) is 2.91. The number of anilines is 1. The lowest BCUT2D eigenvalue weighted by atomic mass is 10.2. The summed E-state index contributed by atoms with van der Waals surface area (Å²) in [6.07, 6.45) is 0. The van der Waals surface area contributed by atoms with Crippen molar-refractivity contribution in [3.05, 3.63) is 59.8 Å². The summed E-state index contributed by atoms with van der Waals surface area (Å²) < 4.78 is 25.5. The molecule has 7 nitrogen and oxygen atoms in total. The summed E-state index contributed by atoms with van der Waals surface area (Å²) in [5.74, 6) is -0.233. The molecule has 0 radical (unpaired) electrons. The lowest BCUT2D eigenvalue weighted by Crippen LogP contribution is -2.33. The third kappa shape index (κ3) is 3.93. The summed E-state index contributed by atoms with van der Waals surface area (Å²) in [5, 5.41) is 14.7.